The van der Waals surface area contributed by atoms with E-state index in [4.69, 9.17) is 28.9 Å². The summed E-state index contributed by atoms with van der Waals surface area (Å²) in [5.74, 6) is -5.52. The zero-order chi connectivity index (χ0) is 33.2. The van der Waals surface area contributed by atoms with Gasteiger partial charge in [-0.15, -0.1) is 0 Å². The second-order valence-electron chi connectivity index (χ2n) is 12.5. The summed E-state index contributed by atoms with van der Waals surface area (Å²) in [6.45, 7) is 0.911. The van der Waals surface area contributed by atoms with Crippen molar-refractivity contribution < 1.29 is 32.3 Å². The molecule has 2 aliphatic heterocycles. The van der Waals surface area contributed by atoms with Gasteiger partial charge in [0.1, 0.15) is 12.1 Å². The Labute approximate surface area is 274 Å². The van der Waals surface area contributed by atoms with Crippen LogP contribution in [-0.2, 0) is 32.1 Å². The predicted octanol–water partition coefficient (Wildman–Crippen LogP) is 4.68. The molecule has 0 radical (unpaired) electrons. The number of anilines is 1. The van der Waals surface area contributed by atoms with Crippen LogP contribution in [0.3, 0.4) is 0 Å². The zero-order valence-electron chi connectivity index (χ0n) is 25.1. The molecule has 2 aromatic carbocycles. The normalized spacial score (nSPS) is 20.3. The number of amides is 4. The molecule has 0 aromatic heterocycles. The summed E-state index contributed by atoms with van der Waals surface area (Å²) in [6, 6.07) is 7.81. The number of likely N-dealkylation sites (tertiary alicyclic amines) is 1. The number of hydrogen-bond acceptors (Lipinski definition) is 5. The molecule has 2 aromatic rings. The van der Waals surface area contributed by atoms with Gasteiger partial charge in [0.2, 0.25) is 29.6 Å². The van der Waals surface area contributed by atoms with Crippen LogP contribution in [0.25, 0.3) is 0 Å². The number of piperidine rings is 1. The Morgan fingerprint density at radius 1 is 0.978 bits per heavy atom. The van der Waals surface area contributed by atoms with Crippen molar-refractivity contribution in [2.45, 2.75) is 75.9 Å². The number of halogens is 5. The maximum Gasteiger partial charge on any atom is 0.249 e. The molecular weight excluding hydrogens is 646 g/mol. The molecule has 5 rings (SSSR count). The molecular formula is C32H36Cl2F3N5O4. The Morgan fingerprint density at radius 2 is 1.63 bits per heavy atom. The van der Waals surface area contributed by atoms with Crippen molar-refractivity contribution in [2.75, 3.05) is 25.0 Å². The summed E-state index contributed by atoms with van der Waals surface area (Å²) in [7, 11) is 0. The van der Waals surface area contributed by atoms with Crippen LogP contribution in [0.15, 0.2) is 36.4 Å². The third-order valence-corrected chi connectivity index (χ3v) is 10.0. The van der Waals surface area contributed by atoms with Crippen LogP contribution in [0.1, 0.15) is 56.1 Å². The van der Waals surface area contributed by atoms with Crippen molar-refractivity contribution in [2.24, 2.45) is 11.1 Å². The van der Waals surface area contributed by atoms with Gasteiger partial charge in [0.05, 0.1) is 15.7 Å². The number of benzene rings is 2. The second kappa shape index (κ2) is 13.8. The molecule has 1 saturated carbocycles. The molecule has 2 atom stereocenters. The minimum Gasteiger partial charge on any atom is -0.343 e. The quantitative estimate of drug-likeness (QED) is 0.332. The Bertz CT molecular complexity index is 1510. The van der Waals surface area contributed by atoms with E-state index in [1.807, 2.05) is 24.3 Å². The predicted molar refractivity (Wildman–Crippen MR) is 167 cm³/mol. The van der Waals surface area contributed by atoms with E-state index in [1.165, 1.54) is 17.0 Å². The van der Waals surface area contributed by atoms with E-state index in [9.17, 15) is 32.3 Å². The van der Waals surface area contributed by atoms with E-state index in [2.05, 4.69) is 10.6 Å². The van der Waals surface area contributed by atoms with E-state index in [0.717, 1.165) is 11.1 Å². The lowest BCUT2D eigenvalue weighted by molar-refractivity contribution is -0.179. The number of nitrogens with two attached hydrogens (primary N) is 1. The number of alkyl halides is 2. The van der Waals surface area contributed by atoms with Gasteiger partial charge < -0.3 is 26.2 Å². The van der Waals surface area contributed by atoms with Crippen molar-refractivity contribution in [1.29, 1.82) is 0 Å². The highest BCUT2D eigenvalue weighted by atomic mass is 35.5. The highest BCUT2D eigenvalue weighted by Gasteiger charge is 2.57. The lowest BCUT2D eigenvalue weighted by Gasteiger charge is -2.51. The van der Waals surface area contributed by atoms with Gasteiger partial charge in [-0.3, -0.25) is 19.2 Å². The van der Waals surface area contributed by atoms with Crippen LogP contribution in [-0.4, -0.2) is 71.1 Å². The van der Waals surface area contributed by atoms with Crippen LogP contribution < -0.4 is 16.4 Å². The van der Waals surface area contributed by atoms with Gasteiger partial charge in [-0.1, -0.05) is 47.5 Å². The number of nitrogens with one attached hydrogen (secondary N) is 2. The summed E-state index contributed by atoms with van der Waals surface area (Å²) in [4.78, 5) is 56.4. The fraction of sp³-hybridized carbons (Fsp3) is 0.500. The summed E-state index contributed by atoms with van der Waals surface area (Å²) in [5, 5.41) is 4.70. The maximum absolute atomic E-state index is 14.6. The van der Waals surface area contributed by atoms with Crippen LogP contribution >= 0.6 is 23.2 Å². The molecule has 4 N–H and O–H groups in total. The molecule has 14 heteroatoms. The molecule has 248 valence electrons. The molecule has 2 fully saturated rings. The topological polar surface area (TPSA) is 125 Å². The van der Waals surface area contributed by atoms with Gasteiger partial charge in [-0.2, -0.15) is 0 Å². The standard InChI is InChI=1S/C32H36Cl2F3N5O4/c33-21-5-6-22(28(35)27(21)34)39-29(45)23(9-12-38)40-30(46)24-15-19-3-1-2-4-20(19)16-42(24)26(44)8-7-25(43)41-13-10-31(11-14-41)17-32(36,37)18-31/h1-6,23-24H,7-18,38H2,(H,39,45)(H,40,46)/t23-,24-/m0/s1. The highest BCUT2D eigenvalue weighted by Crippen LogP contribution is 2.57. The van der Waals surface area contributed by atoms with Crippen molar-refractivity contribution in [3.63, 3.8) is 0 Å². The smallest absolute Gasteiger partial charge is 0.249 e. The lowest BCUT2D eigenvalue weighted by atomic mass is 9.61. The molecule has 1 aliphatic carbocycles. The molecule has 3 aliphatic rings. The fourth-order valence-corrected chi connectivity index (χ4v) is 7.02. The van der Waals surface area contributed by atoms with Crippen molar-refractivity contribution >= 4 is 52.5 Å². The molecule has 2 heterocycles. The van der Waals surface area contributed by atoms with Crippen LogP contribution in [0.4, 0.5) is 18.9 Å². The van der Waals surface area contributed by atoms with Gasteiger partial charge in [-0.05, 0) is 54.5 Å². The molecule has 1 spiro atoms. The molecule has 4 amide bonds. The second-order valence-corrected chi connectivity index (χ2v) is 13.2. The summed E-state index contributed by atoms with van der Waals surface area (Å²) >= 11 is 11.7. The molecule has 9 nitrogen and oxygen atoms in total. The highest BCUT2D eigenvalue weighted by molar-refractivity contribution is 6.42. The molecule has 46 heavy (non-hydrogen) atoms. The lowest BCUT2D eigenvalue weighted by Crippen LogP contribution is -2.56. The molecule has 0 bridgehead atoms. The van der Waals surface area contributed by atoms with Crippen LogP contribution in [0.5, 0.6) is 0 Å². The van der Waals surface area contributed by atoms with Gasteiger partial charge in [0, 0.05) is 51.7 Å². The largest absolute Gasteiger partial charge is 0.343 e. The summed E-state index contributed by atoms with van der Waals surface area (Å²) in [5.41, 5.74) is 6.82. The van der Waals surface area contributed by atoms with Gasteiger partial charge in [0.15, 0.2) is 5.82 Å². The average molecular weight is 683 g/mol. The Hall–Kier alpha value is -3.35. The number of rotatable bonds is 9. The van der Waals surface area contributed by atoms with Gasteiger partial charge >= 0.3 is 0 Å². The van der Waals surface area contributed by atoms with Crippen molar-refractivity contribution in [1.82, 2.24) is 15.1 Å². The first kappa shape index (κ1) is 34.0. The van der Waals surface area contributed by atoms with E-state index >= 15 is 0 Å². The fourth-order valence-electron chi connectivity index (χ4n) is 6.71. The number of nitrogens with zero attached hydrogens (tertiary/aromatic N) is 2. The first-order valence-corrected chi connectivity index (χ1v) is 16.0. The van der Waals surface area contributed by atoms with E-state index < -0.39 is 47.0 Å². The number of fused-ring (bicyclic) bond motifs is 1. The maximum atomic E-state index is 14.6. The monoisotopic (exact) mass is 681 g/mol. The SMILES string of the molecule is NCC[C@H](NC(=O)[C@@H]1Cc2ccccc2CN1C(=O)CCC(=O)N1CCC2(CC1)CC(F)(F)C2)C(=O)Nc1ccc(Cl)c(Cl)c1F. The minimum atomic E-state index is -2.62. The Balaban J connectivity index is 1.23. The third-order valence-electron chi connectivity index (χ3n) is 9.25. The number of carbonyl (C=O) groups is 4. The van der Waals surface area contributed by atoms with E-state index in [0.29, 0.717) is 25.9 Å². The summed E-state index contributed by atoms with van der Waals surface area (Å²) in [6.07, 6.45) is 0.738. The van der Waals surface area contributed by atoms with Crippen LogP contribution in [0.2, 0.25) is 10.0 Å². The number of carbonyl (C=O) groups excluding carboxylic acids is 4. The van der Waals surface area contributed by atoms with Crippen LogP contribution in [0, 0.1) is 11.2 Å². The Kier molecular flexibility index (Phi) is 10.2. The Morgan fingerprint density at radius 3 is 2.28 bits per heavy atom. The van der Waals surface area contributed by atoms with E-state index in [-0.39, 0.29) is 73.3 Å². The van der Waals surface area contributed by atoms with Crippen molar-refractivity contribution in [3.05, 3.63) is 63.4 Å². The number of hydrogen-bond donors (Lipinski definition) is 3. The minimum absolute atomic E-state index is 0.0283. The molecule has 0 unspecified atom stereocenters. The first-order valence-electron chi connectivity index (χ1n) is 15.3. The van der Waals surface area contributed by atoms with Crippen molar-refractivity contribution in [3.8, 4) is 0 Å². The van der Waals surface area contributed by atoms with Gasteiger partial charge in [0.25, 0.3) is 0 Å². The van der Waals surface area contributed by atoms with E-state index in [1.54, 1.807) is 4.90 Å². The summed E-state index contributed by atoms with van der Waals surface area (Å²) < 4.78 is 41.5. The molecule has 1 saturated heterocycles. The first-order chi connectivity index (χ1) is 21.8. The zero-order valence-corrected chi connectivity index (χ0v) is 26.6. The average Bonchev–Trinajstić information content (AvgIpc) is 3.02. The van der Waals surface area contributed by atoms with Gasteiger partial charge in [-0.25, -0.2) is 13.2 Å². The third kappa shape index (κ3) is 7.44.